The molecule has 1 aliphatic heterocycles. The summed E-state index contributed by atoms with van der Waals surface area (Å²) in [5, 5.41) is 2.84. The van der Waals surface area contributed by atoms with E-state index in [-0.39, 0.29) is 11.4 Å². The van der Waals surface area contributed by atoms with Crippen LogP contribution in [0.1, 0.15) is 5.56 Å². The first kappa shape index (κ1) is 23.0. The minimum Gasteiger partial charge on any atom is -0.497 e. The second kappa shape index (κ2) is 9.36. The lowest BCUT2D eigenvalue weighted by molar-refractivity contribution is -0.122. The van der Waals surface area contributed by atoms with Crippen LogP contribution in [0.15, 0.2) is 76.5 Å². The largest absolute Gasteiger partial charge is 0.497 e. The number of rotatable bonds is 6. The molecule has 1 N–H and O–H groups in total. The van der Waals surface area contributed by atoms with Crippen molar-refractivity contribution in [3.05, 3.63) is 72.3 Å². The highest BCUT2D eigenvalue weighted by Gasteiger charge is 2.37. The molecular weight excluding hydrogens is 460 g/mol. The molecule has 0 radical (unpaired) electrons. The maximum absolute atomic E-state index is 13.5. The Morgan fingerprint density at radius 3 is 2.58 bits per heavy atom. The van der Waals surface area contributed by atoms with Crippen LogP contribution >= 0.6 is 11.8 Å². The van der Waals surface area contributed by atoms with E-state index in [2.05, 4.69) is 5.32 Å². The van der Waals surface area contributed by atoms with Crippen molar-refractivity contribution in [3.8, 4) is 11.5 Å². The normalized spacial score (nSPS) is 15.4. The molecule has 3 aromatic rings. The molecule has 0 fully saturated rings. The number of hydrogen-bond donors (Lipinski definition) is 1. The molecule has 0 spiro atoms. The topological polar surface area (TPSA) is 84.9 Å². The van der Waals surface area contributed by atoms with Crippen LogP contribution in [0.3, 0.4) is 0 Å². The number of carbonyl (C=O) groups excluding carboxylic acids is 1. The van der Waals surface area contributed by atoms with E-state index in [0.29, 0.717) is 22.9 Å². The second-order valence-electron chi connectivity index (χ2n) is 7.51. The summed E-state index contributed by atoms with van der Waals surface area (Å²) >= 11 is 1.56. The molecule has 9 heteroatoms. The first-order valence-corrected chi connectivity index (χ1v) is 12.9. The van der Waals surface area contributed by atoms with E-state index in [4.69, 9.17) is 9.47 Å². The number of ether oxygens (including phenoxy) is 2. The van der Waals surface area contributed by atoms with Crippen LogP contribution in [0.2, 0.25) is 0 Å². The summed E-state index contributed by atoms with van der Waals surface area (Å²) in [6, 6.07) is 18.8. The molecule has 1 heterocycles. The predicted molar refractivity (Wildman–Crippen MR) is 130 cm³/mol. The summed E-state index contributed by atoms with van der Waals surface area (Å²) in [7, 11) is -2.43. The van der Waals surface area contributed by atoms with Gasteiger partial charge in [-0.25, -0.2) is 8.42 Å². The van der Waals surface area contributed by atoms with Gasteiger partial charge >= 0.3 is 0 Å². The van der Waals surface area contributed by atoms with E-state index in [0.717, 1.165) is 10.5 Å². The van der Waals surface area contributed by atoms with Crippen molar-refractivity contribution in [2.24, 2.45) is 0 Å². The van der Waals surface area contributed by atoms with Crippen LogP contribution < -0.4 is 19.1 Å². The lowest BCUT2D eigenvalue weighted by atomic mass is 10.1. The summed E-state index contributed by atoms with van der Waals surface area (Å²) in [5.74, 6) is 0.475. The molecular formula is C24H24N2O5S2. The smallest absolute Gasteiger partial charge is 0.267 e. The van der Waals surface area contributed by atoms with Crippen LogP contribution in [0.25, 0.3) is 0 Å². The van der Waals surface area contributed by atoms with Gasteiger partial charge in [0.15, 0.2) is 6.10 Å². The van der Waals surface area contributed by atoms with Gasteiger partial charge in [0.1, 0.15) is 11.5 Å². The minimum absolute atomic E-state index is 0.101. The quantitative estimate of drug-likeness (QED) is 0.525. The zero-order valence-electron chi connectivity index (χ0n) is 18.4. The van der Waals surface area contributed by atoms with Crippen LogP contribution in [0.4, 0.5) is 11.4 Å². The zero-order valence-corrected chi connectivity index (χ0v) is 20.1. The number of carbonyl (C=O) groups is 1. The van der Waals surface area contributed by atoms with Crippen LogP contribution in [-0.2, 0) is 14.8 Å². The molecule has 172 valence electrons. The molecule has 7 nitrogen and oxygen atoms in total. The molecule has 0 saturated carbocycles. The molecule has 1 aliphatic rings. The van der Waals surface area contributed by atoms with E-state index < -0.39 is 22.0 Å². The van der Waals surface area contributed by atoms with Crippen molar-refractivity contribution in [2.75, 3.05) is 29.5 Å². The van der Waals surface area contributed by atoms with Crippen LogP contribution in [0, 0.1) is 6.92 Å². The van der Waals surface area contributed by atoms with Gasteiger partial charge in [-0.3, -0.25) is 9.10 Å². The molecule has 3 aromatic carbocycles. The molecule has 0 aliphatic carbocycles. The molecule has 1 amide bonds. The fraction of sp³-hybridized carbons (Fsp3) is 0.208. The Kier molecular flexibility index (Phi) is 6.53. The van der Waals surface area contributed by atoms with E-state index in [1.165, 1.54) is 23.5 Å². The van der Waals surface area contributed by atoms with E-state index in [9.17, 15) is 13.2 Å². The molecule has 0 saturated heterocycles. The van der Waals surface area contributed by atoms with E-state index >= 15 is 0 Å². The number of aryl methyl sites for hydroxylation is 1. The highest BCUT2D eigenvalue weighted by molar-refractivity contribution is 7.98. The van der Waals surface area contributed by atoms with Gasteiger partial charge in [-0.05, 0) is 73.3 Å². The van der Waals surface area contributed by atoms with Gasteiger partial charge in [-0.15, -0.1) is 11.8 Å². The lowest BCUT2D eigenvalue weighted by Gasteiger charge is -2.35. The number of anilines is 2. The third-order valence-electron chi connectivity index (χ3n) is 5.26. The third-order valence-corrected chi connectivity index (χ3v) is 7.78. The number of nitrogens with zero attached hydrogens (tertiary/aromatic N) is 1. The number of thioether (sulfide) groups is 1. The van der Waals surface area contributed by atoms with Crippen LogP contribution in [-0.4, -0.2) is 40.3 Å². The fourth-order valence-corrected chi connectivity index (χ4v) is 5.46. The Morgan fingerprint density at radius 2 is 1.88 bits per heavy atom. The van der Waals surface area contributed by atoms with Gasteiger partial charge in [0.25, 0.3) is 15.9 Å². The highest BCUT2D eigenvalue weighted by atomic mass is 32.2. The SMILES string of the molecule is COc1ccc(S(=O)(=O)N2C[C@@H](C(=O)Nc3cccc(SC)c3)Oc3cc(C)ccc32)cc1. The Hall–Kier alpha value is -3.17. The minimum atomic E-state index is -3.95. The molecule has 33 heavy (non-hydrogen) atoms. The molecule has 0 aromatic heterocycles. The average molecular weight is 485 g/mol. The number of sulfonamides is 1. The fourth-order valence-electron chi connectivity index (χ4n) is 3.52. The monoisotopic (exact) mass is 484 g/mol. The summed E-state index contributed by atoms with van der Waals surface area (Å²) in [4.78, 5) is 14.2. The number of methoxy groups -OCH3 is 1. The lowest BCUT2D eigenvalue weighted by Crippen LogP contribution is -2.48. The average Bonchev–Trinajstić information content (AvgIpc) is 2.83. The summed E-state index contributed by atoms with van der Waals surface area (Å²) in [5.41, 5.74) is 1.91. The van der Waals surface area contributed by atoms with Crippen molar-refractivity contribution in [2.45, 2.75) is 22.8 Å². The number of nitrogens with one attached hydrogen (secondary N) is 1. The number of fused-ring (bicyclic) bond motifs is 1. The van der Waals surface area contributed by atoms with Crippen molar-refractivity contribution >= 4 is 39.1 Å². The first-order chi connectivity index (χ1) is 15.8. The molecule has 0 unspecified atom stereocenters. The van der Waals surface area contributed by atoms with E-state index in [1.807, 2.05) is 37.4 Å². The molecule has 1 atom stereocenters. The van der Waals surface area contributed by atoms with Crippen molar-refractivity contribution < 1.29 is 22.7 Å². The predicted octanol–water partition coefficient (Wildman–Crippen LogP) is 4.32. The van der Waals surface area contributed by atoms with Gasteiger partial charge in [0.05, 0.1) is 24.2 Å². The zero-order chi connectivity index (χ0) is 23.6. The van der Waals surface area contributed by atoms with Gasteiger partial charge in [-0.1, -0.05) is 12.1 Å². The summed E-state index contributed by atoms with van der Waals surface area (Å²) < 4.78 is 39.4. The van der Waals surface area contributed by atoms with Gasteiger partial charge < -0.3 is 14.8 Å². The summed E-state index contributed by atoms with van der Waals surface area (Å²) in [6.45, 7) is 1.72. The Balaban J connectivity index is 1.67. The molecule has 4 rings (SSSR count). The third kappa shape index (κ3) is 4.79. The van der Waals surface area contributed by atoms with Gasteiger partial charge in [0.2, 0.25) is 0 Å². The maximum atomic E-state index is 13.5. The molecule has 0 bridgehead atoms. The Bertz CT molecular complexity index is 1280. The number of amides is 1. The Labute approximate surface area is 197 Å². The van der Waals surface area contributed by atoms with E-state index in [1.54, 1.807) is 42.1 Å². The van der Waals surface area contributed by atoms with Crippen LogP contribution in [0.5, 0.6) is 11.5 Å². The standard InChI is InChI=1S/C24H24N2O5S2/c1-16-7-12-21-22(13-16)31-23(24(27)25-17-5-4-6-19(14-17)32-3)15-26(21)33(28,29)20-10-8-18(30-2)9-11-20/h4-14,23H,15H2,1-3H3,(H,25,27)/t23-/m0/s1. The van der Waals surface area contributed by atoms with Gasteiger partial charge in [-0.2, -0.15) is 0 Å². The number of benzene rings is 3. The van der Waals surface area contributed by atoms with Crippen molar-refractivity contribution in [1.82, 2.24) is 0 Å². The van der Waals surface area contributed by atoms with Crippen molar-refractivity contribution in [3.63, 3.8) is 0 Å². The summed E-state index contributed by atoms with van der Waals surface area (Å²) in [6.07, 6.45) is 0.928. The maximum Gasteiger partial charge on any atom is 0.267 e. The Morgan fingerprint density at radius 1 is 1.12 bits per heavy atom. The van der Waals surface area contributed by atoms with Crippen molar-refractivity contribution in [1.29, 1.82) is 0 Å². The first-order valence-electron chi connectivity index (χ1n) is 10.2. The second-order valence-corrected chi connectivity index (χ2v) is 10.3. The highest BCUT2D eigenvalue weighted by Crippen LogP contribution is 2.38. The van der Waals surface area contributed by atoms with Gasteiger partial charge in [0, 0.05) is 10.6 Å². The number of hydrogen-bond acceptors (Lipinski definition) is 6.